The molecule has 0 radical (unpaired) electrons. The van der Waals surface area contributed by atoms with Crippen molar-refractivity contribution in [3.8, 4) is 0 Å². The summed E-state index contributed by atoms with van der Waals surface area (Å²) in [6.07, 6.45) is 2.72. The van der Waals surface area contributed by atoms with Gasteiger partial charge in [0.15, 0.2) is 0 Å². The number of aliphatic carboxylic acids is 1. The van der Waals surface area contributed by atoms with Crippen molar-refractivity contribution in [3.63, 3.8) is 0 Å². The fraction of sp³-hybridized carbons (Fsp3) is 0.400. The molecule has 0 saturated carbocycles. The number of carbonyl (C=O) groups is 2. The smallest absolute Gasteiger partial charge is 0.305 e. The first-order valence-corrected chi connectivity index (χ1v) is 5.01. The lowest BCUT2D eigenvalue weighted by molar-refractivity contribution is -0.139. The molecule has 0 aliphatic rings. The van der Waals surface area contributed by atoms with Gasteiger partial charge in [0.2, 0.25) is 5.91 Å². The van der Waals surface area contributed by atoms with Crippen LogP contribution in [0.2, 0.25) is 0 Å². The molecule has 1 heterocycles. The second-order valence-electron chi connectivity index (χ2n) is 3.57. The van der Waals surface area contributed by atoms with Gasteiger partial charge < -0.3 is 16.2 Å². The summed E-state index contributed by atoms with van der Waals surface area (Å²) in [7, 11) is 0. The van der Waals surface area contributed by atoms with Crippen LogP contribution in [0.25, 0.3) is 0 Å². The molecule has 0 bridgehead atoms. The molecule has 17 heavy (non-hydrogen) atoms. The number of hydrogen-bond donors (Lipinski definition) is 3. The third kappa shape index (κ3) is 4.56. The second kappa shape index (κ2) is 5.90. The van der Waals surface area contributed by atoms with Crippen LogP contribution < -0.4 is 11.1 Å². The summed E-state index contributed by atoms with van der Waals surface area (Å²) in [6.45, 7) is 1.98. The van der Waals surface area contributed by atoms with Gasteiger partial charge in [-0.15, -0.1) is 0 Å². The van der Waals surface area contributed by atoms with Gasteiger partial charge in [-0.05, 0) is 6.92 Å². The van der Waals surface area contributed by atoms with Crippen molar-refractivity contribution in [3.05, 3.63) is 23.8 Å². The van der Waals surface area contributed by atoms with E-state index in [0.717, 1.165) is 5.69 Å². The summed E-state index contributed by atoms with van der Waals surface area (Å²) >= 11 is 0. The SMILES string of the molecule is Cc1cnc(CNC(=O)C(N)CC(=O)O)cn1. The summed E-state index contributed by atoms with van der Waals surface area (Å²) in [4.78, 5) is 29.8. The fourth-order valence-electron chi connectivity index (χ4n) is 1.10. The Balaban J connectivity index is 2.42. The molecule has 92 valence electrons. The van der Waals surface area contributed by atoms with Gasteiger partial charge in [0, 0.05) is 6.20 Å². The molecule has 0 spiro atoms. The van der Waals surface area contributed by atoms with Gasteiger partial charge in [-0.25, -0.2) is 0 Å². The van der Waals surface area contributed by atoms with Crippen LogP contribution >= 0.6 is 0 Å². The van der Waals surface area contributed by atoms with Gasteiger partial charge in [-0.3, -0.25) is 19.6 Å². The topological polar surface area (TPSA) is 118 Å². The standard InChI is InChI=1S/C10H14N4O3/c1-6-3-13-7(4-12-6)5-14-10(17)8(11)2-9(15)16/h3-4,8H,2,5,11H2,1H3,(H,14,17)(H,15,16). The molecular formula is C10H14N4O3. The van der Waals surface area contributed by atoms with E-state index in [0.29, 0.717) is 5.69 Å². The number of aryl methyl sites for hydroxylation is 1. The Bertz CT molecular complexity index is 405. The number of nitrogens with two attached hydrogens (primary N) is 1. The maximum Gasteiger partial charge on any atom is 0.305 e. The lowest BCUT2D eigenvalue weighted by Crippen LogP contribution is -2.41. The number of nitrogens with one attached hydrogen (secondary N) is 1. The number of hydrogen-bond acceptors (Lipinski definition) is 5. The molecule has 1 unspecified atom stereocenters. The zero-order chi connectivity index (χ0) is 12.8. The van der Waals surface area contributed by atoms with E-state index in [2.05, 4.69) is 15.3 Å². The van der Waals surface area contributed by atoms with E-state index in [1.54, 1.807) is 19.3 Å². The van der Waals surface area contributed by atoms with Crippen molar-refractivity contribution < 1.29 is 14.7 Å². The van der Waals surface area contributed by atoms with E-state index < -0.39 is 24.3 Å². The highest BCUT2D eigenvalue weighted by atomic mass is 16.4. The fourth-order valence-corrected chi connectivity index (χ4v) is 1.10. The van der Waals surface area contributed by atoms with Crippen molar-refractivity contribution >= 4 is 11.9 Å². The first kappa shape index (κ1) is 13.0. The highest BCUT2D eigenvalue weighted by molar-refractivity contribution is 5.85. The predicted molar refractivity (Wildman–Crippen MR) is 58.8 cm³/mol. The molecule has 0 aliphatic carbocycles. The van der Waals surface area contributed by atoms with Gasteiger partial charge in [0.1, 0.15) is 0 Å². The monoisotopic (exact) mass is 238 g/mol. The summed E-state index contributed by atoms with van der Waals surface area (Å²) in [5, 5.41) is 11.0. The highest BCUT2D eigenvalue weighted by Crippen LogP contribution is 1.94. The largest absolute Gasteiger partial charge is 0.481 e. The molecule has 0 fully saturated rings. The van der Waals surface area contributed by atoms with Gasteiger partial charge in [0.25, 0.3) is 0 Å². The van der Waals surface area contributed by atoms with Crippen molar-refractivity contribution in [2.75, 3.05) is 0 Å². The molecule has 0 saturated heterocycles. The molecule has 1 atom stereocenters. The van der Waals surface area contributed by atoms with E-state index in [-0.39, 0.29) is 6.54 Å². The minimum absolute atomic E-state index is 0.180. The summed E-state index contributed by atoms with van der Waals surface area (Å²) in [5.74, 6) is -1.63. The Labute approximate surface area is 98.1 Å². The first-order chi connectivity index (χ1) is 7.99. The molecule has 7 nitrogen and oxygen atoms in total. The predicted octanol–water partition coefficient (Wildman–Crippen LogP) is -0.797. The van der Waals surface area contributed by atoms with Crippen molar-refractivity contribution in [2.24, 2.45) is 5.73 Å². The highest BCUT2D eigenvalue weighted by Gasteiger charge is 2.16. The zero-order valence-corrected chi connectivity index (χ0v) is 9.38. The van der Waals surface area contributed by atoms with E-state index in [1.165, 1.54) is 0 Å². The van der Waals surface area contributed by atoms with Gasteiger partial charge >= 0.3 is 5.97 Å². The summed E-state index contributed by atoms with van der Waals surface area (Å²) < 4.78 is 0. The Morgan fingerprint density at radius 2 is 2.18 bits per heavy atom. The number of nitrogens with zero attached hydrogens (tertiary/aromatic N) is 2. The number of rotatable bonds is 5. The lowest BCUT2D eigenvalue weighted by atomic mass is 10.2. The van der Waals surface area contributed by atoms with E-state index in [4.69, 9.17) is 10.8 Å². The van der Waals surface area contributed by atoms with Crippen LogP contribution in [0.3, 0.4) is 0 Å². The number of aromatic nitrogens is 2. The Kier molecular flexibility index (Phi) is 4.53. The van der Waals surface area contributed by atoms with Crippen LogP contribution in [0, 0.1) is 6.92 Å². The lowest BCUT2D eigenvalue weighted by Gasteiger charge is -2.09. The quantitative estimate of drug-likeness (QED) is 0.618. The summed E-state index contributed by atoms with van der Waals surface area (Å²) in [6, 6.07) is -1.05. The summed E-state index contributed by atoms with van der Waals surface area (Å²) in [5.41, 5.74) is 6.75. The minimum Gasteiger partial charge on any atom is -0.481 e. The van der Waals surface area contributed by atoms with Gasteiger partial charge in [-0.1, -0.05) is 0 Å². The Hall–Kier alpha value is -2.02. The maximum absolute atomic E-state index is 11.4. The van der Waals surface area contributed by atoms with Crippen LogP contribution in [-0.4, -0.2) is 33.0 Å². The number of carbonyl (C=O) groups excluding carboxylic acids is 1. The van der Waals surface area contributed by atoms with Gasteiger partial charge in [-0.2, -0.15) is 0 Å². The number of amides is 1. The zero-order valence-electron chi connectivity index (χ0n) is 9.38. The van der Waals surface area contributed by atoms with Crippen molar-refractivity contribution in [1.29, 1.82) is 0 Å². The van der Waals surface area contributed by atoms with Crippen molar-refractivity contribution in [1.82, 2.24) is 15.3 Å². The van der Waals surface area contributed by atoms with E-state index in [9.17, 15) is 9.59 Å². The van der Waals surface area contributed by atoms with Crippen LogP contribution in [-0.2, 0) is 16.1 Å². The van der Waals surface area contributed by atoms with Crippen molar-refractivity contribution in [2.45, 2.75) is 25.9 Å². The average molecular weight is 238 g/mol. The molecule has 0 aliphatic heterocycles. The molecular weight excluding hydrogens is 224 g/mol. The Morgan fingerprint density at radius 3 is 2.71 bits per heavy atom. The maximum atomic E-state index is 11.4. The third-order valence-corrected chi connectivity index (χ3v) is 2.01. The Morgan fingerprint density at radius 1 is 1.47 bits per heavy atom. The molecule has 1 aromatic heterocycles. The molecule has 1 aromatic rings. The minimum atomic E-state index is -1.11. The average Bonchev–Trinajstić information content (AvgIpc) is 2.27. The molecule has 1 rings (SSSR count). The molecule has 1 amide bonds. The molecule has 4 N–H and O–H groups in total. The second-order valence-corrected chi connectivity index (χ2v) is 3.57. The molecule has 7 heteroatoms. The number of carboxylic acid groups (broad SMARTS) is 1. The first-order valence-electron chi connectivity index (χ1n) is 5.01. The van der Waals surface area contributed by atoms with Crippen LogP contribution in [0.4, 0.5) is 0 Å². The molecule has 0 aromatic carbocycles. The normalized spacial score (nSPS) is 11.9. The van der Waals surface area contributed by atoms with Crippen LogP contribution in [0.5, 0.6) is 0 Å². The third-order valence-electron chi connectivity index (χ3n) is 2.01. The van der Waals surface area contributed by atoms with Gasteiger partial charge in [0.05, 0.1) is 36.6 Å². The van der Waals surface area contributed by atoms with Crippen LogP contribution in [0.15, 0.2) is 12.4 Å². The van der Waals surface area contributed by atoms with E-state index >= 15 is 0 Å². The number of carboxylic acids is 1. The van der Waals surface area contributed by atoms with Crippen LogP contribution in [0.1, 0.15) is 17.8 Å². The van der Waals surface area contributed by atoms with E-state index in [1.807, 2.05) is 0 Å².